The topological polar surface area (TPSA) is 57.2 Å². The zero-order valence-corrected chi connectivity index (χ0v) is 14.5. The minimum atomic E-state index is 0.389. The van der Waals surface area contributed by atoms with Crippen LogP contribution in [0.3, 0.4) is 0 Å². The van der Waals surface area contributed by atoms with Crippen molar-refractivity contribution in [3.8, 4) is 5.69 Å². The van der Waals surface area contributed by atoms with E-state index in [1.165, 1.54) is 17.7 Å². The highest BCUT2D eigenvalue weighted by molar-refractivity contribution is 5.97. The van der Waals surface area contributed by atoms with Crippen LogP contribution in [0, 0.1) is 0 Å². The van der Waals surface area contributed by atoms with Gasteiger partial charge in [-0.1, -0.05) is 23.4 Å². The Morgan fingerprint density at radius 1 is 1.24 bits per heavy atom. The van der Waals surface area contributed by atoms with Crippen LogP contribution in [0.25, 0.3) is 5.69 Å². The maximum absolute atomic E-state index is 5.59. The maximum atomic E-state index is 5.59. The largest absolute Gasteiger partial charge is 0.389 e. The lowest BCUT2D eigenvalue weighted by atomic mass is 10.2. The predicted octanol–water partition coefficient (Wildman–Crippen LogP) is 3.04. The van der Waals surface area contributed by atoms with Gasteiger partial charge in [0, 0.05) is 30.1 Å². The fourth-order valence-electron chi connectivity index (χ4n) is 3.26. The number of aromatic nitrogens is 4. The highest BCUT2D eigenvalue weighted by Gasteiger charge is 2.23. The highest BCUT2D eigenvalue weighted by Crippen LogP contribution is 2.28. The first-order chi connectivity index (χ1) is 12.2. The number of nitrogens with zero attached hydrogens (tertiary/aromatic N) is 5. The summed E-state index contributed by atoms with van der Waals surface area (Å²) in [6.45, 7) is 2.31. The molecule has 6 heteroatoms. The fraction of sp³-hybridized carbons (Fsp3) is 0.316. The molecule has 2 heterocycles. The molecule has 3 aromatic rings. The molecule has 0 radical (unpaired) electrons. The molecule has 25 heavy (non-hydrogen) atoms. The van der Waals surface area contributed by atoms with Crippen molar-refractivity contribution in [1.82, 2.24) is 19.6 Å². The monoisotopic (exact) mass is 335 g/mol. The van der Waals surface area contributed by atoms with Gasteiger partial charge in [-0.05, 0) is 38.3 Å². The molecule has 2 aromatic heterocycles. The standard InChI is InChI=1S/C19H21N5O/c1-14(15-11-20-23(2)12-15)22-25-13-18-17-9-6-10-19(17)24(21-18)16-7-4-3-5-8-16/h3-5,7-8,11-12H,6,9-10,13H2,1-2H3/b22-14+. The van der Waals surface area contributed by atoms with Crippen LogP contribution in [0.4, 0.5) is 0 Å². The number of hydrogen-bond acceptors (Lipinski definition) is 4. The Morgan fingerprint density at radius 3 is 2.84 bits per heavy atom. The van der Waals surface area contributed by atoms with Crippen molar-refractivity contribution in [1.29, 1.82) is 0 Å². The van der Waals surface area contributed by atoms with Crippen LogP contribution in [0.5, 0.6) is 0 Å². The fourth-order valence-corrected chi connectivity index (χ4v) is 3.26. The van der Waals surface area contributed by atoms with E-state index in [2.05, 4.69) is 27.1 Å². The van der Waals surface area contributed by atoms with Gasteiger partial charge in [-0.2, -0.15) is 10.2 Å². The summed E-state index contributed by atoms with van der Waals surface area (Å²) < 4.78 is 3.81. The summed E-state index contributed by atoms with van der Waals surface area (Å²) in [7, 11) is 1.89. The number of hydrogen-bond donors (Lipinski definition) is 0. The first-order valence-electron chi connectivity index (χ1n) is 8.53. The van der Waals surface area contributed by atoms with Gasteiger partial charge >= 0.3 is 0 Å². The first-order valence-corrected chi connectivity index (χ1v) is 8.53. The molecule has 1 aromatic carbocycles. The molecule has 0 aliphatic heterocycles. The van der Waals surface area contributed by atoms with Crippen LogP contribution < -0.4 is 0 Å². The molecular formula is C19H21N5O. The van der Waals surface area contributed by atoms with E-state index in [1.807, 2.05) is 38.4 Å². The molecule has 0 bridgehead atoms. The van der Waals surface area contributed by atoms with Crippen LogP contribution in [-0.4, -0.2) is 25.3 Å². The average Bonchev–Trinajstić information content (AvgIpc) is 3.33. The lowest BCUT2D eigenvalue weighted by Gasteiger charge is -2.04. The van der Waals surface area contributed by atoms with Crippen molar-refractivity contribution >= 4 is 5.71 Å². The molecule has 4 rings (SSSR count). The van der Waals surface area contributed by atoms with Gasteiger partial charge in [0.05, 0.1) is 17.6 Å². The van der Waals surface area contributed by atoms with Crippen molar-refractivity contribution in [2.75, 3.05) is 0 Å². The van der Waals surface area contributed by atoms with Gasteiger partial charge < -0.3 is 4.84 Å². The van der Waals surface area contributed by atoms with Gasteiger partial charge in [0.2, 0.25) is 0 Å². The Hall–Kier alpha value is -2.89. The highest BCUT2D eigenvalue weighted by atomic mass is 16.6. The SMILES string of the molecule is C/C(=N\OCc1nn(-c2ccccc2)c2c1CCC2)c1cnn(C)c1. The van der Waals surface area contributed by atoms with Crippen LogP contribution >= 0.6 is 0 Å². The Kier molecular flexibility index (Phi) is 4.09. The predicted molar refractivity (Wildman–Crippen MR) is 95.8 cm³/mol. The molecular weight excluding hydrogens is 314 g/mol. The Balaban J connectivity index is 1.54. The smallest absolute Gasteiger partial charge is 0.161 e. The van der Waals surface area contributed by atoms with Gasteiger partial charge in [-0.3, -0.25) is 4.68 Å². The van der Waals surface area contributed by atoms with Crippen molar-refractivity contribution < 1.29 is 4.84 Å². The van der Waals surface area contributed by atoms with Crippen LogP contribution in [-0.2, 0) is 31.3 Å². The van der Waals surface area contributed by atoms with Gasteiger partial charge in [-0.25, -0.2) is 4.68 Å². The minimum Gasteiger partial charge on any atom is -0.389 e. The summed E-state index contributed by atoms with van der Waals surface area (Å²) in [6, 6.07) is 10.3. The first kappa shape index (κ1) is 15.6. The van der Waals surface area contributed by atoms with Crippen LogP contribution in [0.1, 0.15) is 35.9 Å². The van der Waals surface area contributed by atoms with Gasteiger partial charge in [0.25, 0.3) is 0 Å². The summed E-state index contributed by atoms with van der Waals surface area (Å²) in [5.41, 5.74) is 6.48. The molecule has 0 atom stereocenters. The second kappa shape index (κ2) is 6.55. The van der Waals surface area contributed by atoms with Crippen molar-refractivity contribution in [2.45, 2.75) is 32.8 Å². The van der Waals surface area contributed by atoms with E-state index in [1.54, 1.807) is 10.9 Å². The number of oxime groups is 1. The molecule has 0 N–H and O–H groups in total. The van der Waals surface area contributed by atoms with Crippen molar-refractivity contribution in [3.05, 3.63) is 65.2 Å². The van der Waals surface area contributed by atoms with E-state index in [0.717, 1.165) is 35.5 Å². The summed E-state index contributed by atoms with van der Waals surface area (Å²) >= 11 is 0. The van der Waals surface area contributed by atoms with E-state index < -0.39 is 0 Å². The van der Waals surface area contributed by atoms with E-state index in [9.17, 15) is 0 Å². The molecule has 0 saturated heterocycles. The normalized spacial score (nSPS) is 13.9. The molecule has 0 unspecified atom stereocenters. The molecule has 1 aliphatic carbocycles. The van der Waals surface area contributed by atoms with Crippen molar-refractivity contribution in [2.24, 2.45) is 12.2 Å². The summed E-state index contributed by atoms with van der Waals surface area (Å²) in [4.78, 5) is 5.59. The second-order valence-electron chi connectivity index (χ2n) is 6.33. The third kappa shape index (κ3) is 3.07. The summed E-state index contributed by atoms with van der Waals surface area (Å²) in [6.07, 6.45) is 7.00. The Labute approximate surface area is 146 Å². The number of para-hydroxylation sites is 1. The zero-order chi connectivity index (χ0) is 17.2. The van der Waals surface area contributed by atoms with E-state index >= 15 is 0 Å². The van der Waals surface area contributed by atoms with Gasteiger partial charge in [-0.15, -0.1) is 0 Å². The van der Waals surface area contributed by atoms with E-state index in [-0.39, 0.29) is 0 Å². The van der Waals surface area contributed by atoms with Crippen LogP contribution in [0.15, 0.2) is 47.9 Å². The Morgan fingerprint density at radius 2 is 2.08 bits per heavy atom. The quantitative estimate of drug-likeness (QED) is 0.532. The third-order valence-electron chi connectivity index (χ3n) is 4.54. The molecule has 0 saturated carbocycles. The second-order valence-corrected chi connectivity index (χ2v) is 6.33. The lowest BCUT2D eigenvalue weighted by molar-refractivity contribution is 0.127. The number of rotatable bonds is 5. The number of aryl methyl sites for hydroxylation is 1. The molecule has 0 fully saturated rings. The molecule has 128 valence electrons. The molecule has 1 aliphatic rings. The summed E-state index contributed by atoms with van der Waals surface area (Å²) in [5.74, 6) is 0. The lowest BCUT2D eigenvalue weighted by Crippen LogP contribution is -2.02. The van der Waals surface area contributed by atoms with E-state index in [0.29, 0.717) is 6.61 Å². The molecule has 0 spiro atoms. The van der Waals surface area contributed by atoms with Gasteiger partial charge in [0.15, 0.2) is 6.61 Å². The number of fused-ring (bicyclic) bond motifs is 1. The van der Waals surface area contributed by atoms with Gasteiger partial charge in [0.1, 0.15) is 5.69 Å². The average molecular weight is 335 g/mol. The Bertz CT molecular complexity index is 907. The van der Waals surface area contributed by atoms with Crippen molar-refractivity contribution in [3.63, 3.8) is 0 Å². The summed E-state index contributed by atoms with van der Waals surface area (Å²) in [5, 5.41) is 13.2. The minimum absolute atomic E-state index is 0.389. The van der Waals surface area contributed by atoms with Crippen LogP contribution in [0.2, 0.25) is 0 Å². The molecule has 0 amide bonds. The maximum Gasteiger partial charge on any atom is 0.161 e. The zero-order valence-electron chi connectivity index (χ0n) is 14.5. The van der Waals surface area contributed by atoms with E-state index in [4.69, 9.17) is 9.94 Å². The molecule has 6 nitrogen and oxygen atoms in total. The number of benzene rings is 1. The third-order valence-corrected chi connectivity index (χ3v) is 4.54.